The fraction of sp³-hybridized carbons (Fsp3) is 0.349. The number of benzene rings is 4. The lowest BCUT2D eigenvalue weighted by Gasteiger charge is -2.35. The monoisotopic (exact) mass is 774 g/mol. The van der Waals surface area contributed by atoms with Crippen LogP contribution in [0, 0.1) is 0 Å². The van der Waals surface area contributed by atoms with E-state index in [4.69, 9.17) is 32.6 Å². The van der Waals surface area contributed by atoms with Crippen LogP contribution in [0.15, 0.2) is 109 Å². The third-order valence-corrected chi connectivity index (χ3v) is 8.64. The molecule has 0 spiro atoms. The summed E-state index contributed by atoms with van der Waals surface area (Å²) in [6, 6.07) is 31.0. The number of hydrogen-bond acceptors (Lipinski definition) is 11. The Morgan fingerprint density at radius 2 is 1.29 bits per heavy atom. The molecule has 294 valence electrons. The van der Waals surface area contributed by atoms with Crippen LogP contribution in [0.25, 0.3) is 5.57 Å². The molecule has 0 bridgehead atoms. The Morgan fingerprint density at radius 3 is 1.95 bits per heavy atom. The number of carbonyl (C=O) groups is 2. The molecule has 4 aromatic rings. The minimum atomic E-state index is -3.60. The van der Waals surface area contributed by atoms with Crippen LogP contribution in [0.2, 0.25) is 0 Å². The van der Waals surface area contributed by atoms with Gasteiger partial charge in [0.1, 0.15) is 23.9 Å². The molecule has 55 heavy (non-hydrogen) atoms. The van der Waals surface area contributed by atoms with Crippen molar-refractivity contribution in [2.45, 2.75) is 59.2 Å². The number of hydrogen-bond donors (Lipinski definition) is 0. The average molecular weight is 775 g/mol. The molecule has 0 N–H and O–H groups in total. The molecule has 0 amide bonds. The van der Waals surface area contributed by atoms with Crippen molar-refractivity contribution in [2.75, 3.05) is 39.3 Å². The van der Waals surface area contributed by atoms with E-state index in [1.807, 2.05) is 66.7 Å². The average Bonchev–Trinajstić information content (AvgIpc) is 3.16. The van der Waals surface area contributed by atoms with E-state index in [0.717, 1.165) is 17.4 Å². The number of aryl methyl sites for hydroxylation is 1. The van der Waals surface area contributed by atoms with Crippen LogP contribution in [0.4, 0.5) is 0 Å². The lowest BCUT2D eigenvalue weighted by Crippen LogP contribution is -2.47. The summed E-state index contributed by atoms with van der Waals surface area (Å²) in [5.41, 5.74) is 1.37. The first-order chi connectivity index (χ1) is 26.5. The van der Waals surface area contributed by atoms with Crippen molar-refractivity contribution >= 4 is 27.6 Å². The zero-order valence-electron chi connectivity index (χ0n) is 32.1. The molecular weight excluding hydrogens is 725 g/mol. The Labute approximate surface area is 324 Å². The van der Waals surface area contributed by atoms with Gasteiger partial charge in [-0.15, -0.1) is 0 Å². The van der Waals surface area contributed by atoms with Crippen molar-refractivity contribution in [3.05, 3.63) is 131 Å². The molecule has 4 aromatic carbocycles. The molecule has 1 unspecified atom stereocenters. The van der Waals surface area contributed by atoms with Gasteiger partial charge in [-0.05, 0) is 99.2 Å². The van der Waals surface area contributed by atoms with Crippen LogP contribution in [-0.2, 0) is 58.1 Å². The van der Waals surface area contributed by atoms with Gasteiger partial charge in [-0.25, -0.2) is 9.59 Å². The van der Waals surface area contributed by atoms with Crippen LogP contribution in [-0.4, -0.2) is 65.2 Å². The first kappa shape index (κ1) is 42.4. The molecule has 0 heterocycles. The highest BCUT2D eigenvalue weighted by Gasteiger charge is 2.49. The van der Waals surface area contributed by atoms with E-state index in [1.165, 1.54) is 0 Å². The van der Waals surface area contributed by atoms with Gasteiger partial charge >= 0.3 is 22.1 Å². The summed E-state index contributed by atoms with van der Waals surface area (Å²) in [5, 5.41) is 0. The Bertz CT molecular complexity index is 1980. The van der Waals surface area contributed by atoms with Crippen molar-refractivity contribution in [3.63, 3.8) is 0 Å². The fourth-order valence-electron chi connectivity index (χ4n) is 5.93. The fourth-order valence-corrected chi connectivity index (χ4v) is 6.39. The van der Waals surface area contributed by atoms with Gasteiger partial charge in [0.15, 0.2) is 5.60 Å². The molecule has 0 aliphatic carbocycles. The highest BCUT2D eigenvalue weighted by Crippen LogP contribution is 2.40. The van der Waals surface area contributed by atoms with Gasteiger partial charge in [0.2, 0.25) is 5.76 Å². The van der Waals surface area contributed by atoms with E-state index in [1.54, 1.807) is 64.1 Å². The molecule has 4 rings (SSSR count). The zero-order valence-corrected chi connectivity index (χ0v) is 32.9. The van der Waals surface area contributed by atoms with E-state index >= 15 is 0 Å². The normalized spacial score (nSPS) is 12.8. The van der Waals surface area contributed by atoms with Crippen LogP contribution in [0.5, 0.6) is 17.2 Å². The van der Waals surface area contributed by atoms with E-state index in [9.17, 15) is 18.0 Å². The highest BCUT2D eigenvalue weighted by atomic mass is 32.2. The standard InChI is InChI=1S/C43H50O11S/c1-6-48-40(41(44)49-7-2)39(35-20-14-22-38(29-35)52-31-33-16-11-10-12-17-33)43(53-9-4,42(45)50-8-3)30-34-18-13-21-37(28-34)51-27-15-19-32-23-25-36(26-24-32)54-55(5,46)47/h10-14,16-18,20-26,28-29H,6-9,15,19,27,30-31H2,1-5H3. The number of rotatable bonds is 22. The molecule has 12 heteroatoms. The SMILES string of the molecule is CCOC(=O)C(OCC)=C(c1cccc(OCc2ccccc2)c1)C(Cc1cccc(OCCCc2ccc(OS(C)(=O)=O)cc2)c1)(OCC)C(=O)OCC. The second-order valence-corrected chi connectivity index (χ2v) is 13.9. The highest BCUT2D eigenvalue weighted by molar-refractivity contribution is 7.86. The predicted octanol–water partition coefficient (Wildman–Crippen LogP) is 7.51. The Kier molecular flexibility index (Phi) is 16.1. The van der Waals surface area contributed by atoms with Gasteiger partial charge in [-0.2, -0.15) is 8.42 Å². The van der Waals surface area contributed by atoms with Gasteiger partial charge in [0.25, 0.3) is 0 Å². The van der Waals surface area contributed by atoms with Crippen molar-refractivity contribution in [1.82, 2.24) is 0 Å². The maximum absolute atomic E-state index is 14.4. The smallest absolute Gasteiger partial charge is 0.374 e. The maximum atomic E-state index is 14.4. The molecule has 0 aliphatic rings. The van der Waals surface area contributed by atoms with Gasteiger partial charge in [0, 0.05) is 13.0 Å². The van der Waals surface area contributed by atoms with E-state index in [-0.39, 0.29) is 49.9 Å². The summed E-state index contributed by atoms with van der Waals surface area (Å²) >= 11 is 0. The molecule has 0 aliphatic heterocycles. The molecule has 0 aromatic heterocycles. The summed E-state index contributed by atoms with van der Waals surface area (Å²) in [6.45, 7) is 7.92. The minimum absolute atomic E-state index is 0.0425. The van der Waals surface area contributed by atoms with Gasteiger partial charge in [-0.3, -0.25) is 0 Å². The van der Waals surface area contributed by atoms with Gasteiger partial charge < -0.3 is 32.6 Å². The third kappa shape index (κ3) is 12.6. The van der Waals surface area contributed by atoms with Crippen LogP contribution >= 0.6 is 0 Å². The predicted molar refractivity (Wildman–Crippen MR) is 209 cm³/mol. The number of carbonyl (C=O) groups excluding carboxylic acids is 2. The van der Waals surface area contributed by atoms with Crippen molar-refractivity contribution < 1.29 is 50.6 Å². The van der Waals surface area contributed by atoms with Crippen molar-refractivity contribution in [1.29, 1.82) is 0 Å². The molecule has 0 saturated heterocycles. The quantitative estimate of drug-likeness (QED) is 0.0258. The number of esters is 2. The summed E-state index contributed by atoms with van der Waals surface area (Å²) in [5.74, 6) is -0.305. The summed E-state index contributed by atoms with van der Waals surface area (Å²) in [7, 11) is -3.60. The summed E-state index contributed by atoms with van der Waals surface area (Å²) < 4.78 is 63.7. The lowest BCUT2D eigenvalue weighted by molar-refractivity contribution is -0.164. The largest absolute Gasteiger partial charge is 0.494 e. The third-order valence-electron chi connectivity index (χ3n) is 8.15. The topological polar surface area (TPSA) is 133 Å². The van der Waals surface area contributed by atoms with Crippen molar-refractivity contribution in [2.24, 2.45) is 0 Å². The van der Waals surface area contributed by atoms with Crippen molar-refractivity contribution in [3.8, 4) is 17.2 Å². The Hall–Kier alpha value is -5.33. The van der Waals surface area contributed by atoms with E-state index in [0.29, 0.717) is 48.7 Å². The second kappa shape index (κ2) is 20.9. The molecule has 1 atom stereocenters. The first-order valence-corrected chi connectivity index (χ1v) is 20.2. The Morgan fingerprint density at radius 1 is 0.636 bits per heavy atom. The van der Waals surface area contributed by atoms with Crippen LogP contribution in [0.1, 0.15) is 56.4 Å². The van der Waals surface area contributed by atoms with Crippen LogP contribution < -0.4 is 13.7 Å². The zero-order chi connectivity index (χ0) is 39.7. The maximum Gasteiger partial charge on any atom is 0.374 e. The minimum Gasteiger partial charge on any atom is -0.494 e. The van der Waals surface area contributed by atoms with E-state index < -0.39 is 27.7 Å². The summed E-state index contributed by atoms with van der Waals surface area (Å²) in [4.78, 5) is 28.1. The first-order valence-electron chi connectivity index (χ1n) is 18.3. The van der Waals surface area contributed by atoms with Gasteiger partial charge in [0.05, 0.1) is 38.3 Å². The molecule has 0 radical (unpaired) electrons. The molecule has 11 nitrogen and oxygen atoms in total. The molecular formula is C43H50O11S. The van der Waals surface area contributed by atoms with Crippen LogP contribution in [0.3, 0.4) is 0 Å². The lowest BCUT2D eigenvalue weighted by atomic mass is 9.81. The molecule has 0 saturated carbocycles. The summed E-state index contributed by atoms with van der Waals surface area (Å²) in [6.07, 6.45) is 2.32. The van der Waals surface area contributed by atoms with E-state index in [2.05, 4.69) is 0 Å². The van der Waals surface area contributed by atoms with Gasteiger partial charge in [-0.1, -0.05) is 66.7 Å². The Balaban J connectivity index is 1.69. The second-order valence-electron chi connectivity index (χ2n) is 12.3. The number of ether oxygens (including phenoxy) is 6. The molecule has 0 fully saturated rings.